The fraction of sp³-hybridized carbons (Fsp3) is 0.467. The van der Waals surface area contributed by atoms with Crippen LogP contribution in [0.3, 0.4) is 0 Å². The first kappa shape index (κ1) is 13.6. The number of carboxylic acid groups (broad SMARTS) is 1. The zero-order chi connectivity index (χ0) is 13.8. The van der Waals surface area contributed by atoms with Crippen molar-refractivity contribution in [3.63, 3.8) is 0 Å². The molecule has 0 spiro atoms. The maximum absolute atomic E-state index is 11.3. The predicted molar refractivity (Wildman–Crippen MR) is 75.6 cm³/mol. The molecule has 0 saturated carbocycles. The number of nitrogens with zero attached hydrogens (tertiary/aromatic N) is 2. The minimum absolute atomic E-state index is 0.341. The summed E-state index contributed by atoms with van der Waals surface area (Å²) in [6, 6.07) is 5.27. The van der Waals surface area contributed by atoms with Crippen molar-refractivity contribution in [2.45, 2.75) is 46.1 Å². The number of fused-ring (bicyclic) bond motifs is 1. The Bertz CT molecular complexity index is 587. The summed E-state index contributed by atoms with van der Waals surface area (Å²) >= 11 is 0. The third kappa shape index (κ3) is 2.78. The molecule has 0 amide bonds. The number of hydrogen-bond donors (Lipinski definition) is 1. The van der Waals surface area contributed by atoms with Crippen LogP contribution in [0.4, 0.5) is 0 Å². The summed E-state index contributed by atoms with van der Waals surface area (Å²) in [5, 5.41) is 9.29. The number of aromatic carboxylic acids is 1. The number of benzene rings is 1. The maximum atomic E-state index is 11.3. The first-order chi connectivity index (χ1) is 9.15. The van der Waals surface area contributed by atoms with Crippen molar-refractivity contribution in [2.75, 3.05) is 0 Å². The first-order valence-electron chi connectivity index (χ1n) is 6.84. The molecule has 1 N–H and O–H groups in total. The van der Waals surface area contributed by atoms with Gasteiger partial charge in [-0.2, -0.15) is 0 Å². The maximum Gasteiger partial charge on any atom is 0.337 e. The summed E-state index contributed by atoms with van der Waals surface area (Å²) in [6.45, 7) is 4.96. The van der Waals surface area contributed by atoms with Crippen LogP contribution in [0.25, 0.3) is 11.0 Å². The van der Waals surface area contributed by atoms with Crippen molar-refractivity contribution in [1.82, 2.24) is 9.55 Å². The van der Waals surface area contributed by atoms with Gasteiger partial charge in [0.25, 0.3) is 0 Å². The molecule has 1 aromatic heterocycles. The minimum atomic E-state index is -0.889. The first-order valence-corrected chi connectivity index (χ1v) is 6.84. The number of imidazole rings is 1. The summed E-state index contributed by atoms with van der Waals surface area (Å²) in [6.07, 6.45) is 4.65. The molecule has 4 nitrogen and oxygen atoms in total. The second-order valence-corrected chi connectivity index (χ2v) is 4.85. The van der Waals surface area contributed by atoms with E-state index in [1.54, 1.807) is 12.1 Å². The second kappa shape index (κ2) is 5.87. The molecule has 0 saturated heterocycles. The molecule has 0 atom stereocenters. The number of aryl methyl sites for hydroxylation is 2. The Labute approximate surface area is 113 Å². The quantitative estimate of drug-likeness (QED) is 0.807. The van der Waals surface area contributed by atoms with E-state index in [9.17, 15) is 9.90 Å². The molecular weight excluding hydrogens is 240 g/mol. The van der Waals surface area contributed by atoms with Crippen LogP contribution in [-0.4, -0.2) is 20.6 Å². The fourth-order valence-corrected chi connectivity index (χ4v) is 2.44. The molecule has 0 fully saturated rings. The lowest BCUT2D eigenvalue weighted by Gasteiger charge is -2.08. The smallest absolute Gasteiger partial charge is 0.337 e. The minimum Gasteiger partial charge on any atom is -0.478 e. The Morgan fingerprint density at radius 3 is 2.79 bits per heavy atom. The van der Waals surface area contributed by atoms with E-state index in [0.29, 0.717) is 5.56 Å². The molecule has 0 unspecified atom stereocenters. The number of para-hydroxylation sites is 1. The van der Waals surface area contributed by atoms with Gasteiger partial charge in [-0.3, -0.25) is 0 Å². The van der Waals surface area contributed by atoms with Crippen molar-refractivity contribution in [2.24, 2.45) is 0 Å². The molecule has 0 aliphatic rings. The largest absolute Gasteiger partial charge is 0.478 e. The second-order valence-electron chi connectivity index (χ2n) is 4.85. The molecule has 0 bridgehead atoms. The van der Waals surface area contributed by atoms with E-state index >= 15 is 0 Å². The molecular formula is C15H20N2O2. The molecule has 0 radical (unpaired) electrons. The average molecular weight is 260 g/mol. The molecule has 2 rings (SSSR count). The van der Waals surface area contributed by atoms with Crippen molar-refractivity contribution in [1.29, 1.82) is 0 Å². The predicted octanol–water partition coefficient (Wildman–Crippen LogP) is 3.62. The molecule has 0 aliphatic carbocycles. The Kier molecular flexibility index (Phi) is 4.20. The van der Waals surface area contributed by atoms with E-state index in [1.165, 1.54) is 19.3 Å². The van der Waals surface area contributed by atoms with Crippen molar-refractivity contribution < 1.29 is 9.90 Å². The van der Waals surface area contributed by atoms with E-state index in [1.807, 2.05) is 17.6 Å². The van der Waals surface area contributed by atoms with E-state index in [2.05, 4.69) is 11.9 Å². The number of unbranched alkanes of at least 4 members (excludes halogenated alkanes) is 3. The molecule has 19 heavy (non-hydrogen) atoms. The van der Waals surface area contributed by atoms with Gasteiger partial charge in [-0.15, -0.1) is 0 Å². The molecule has 2 aromatic rings. The molecule has 102 valence electrons. The highest BCUT2D eigenvalue weighted by Gasteiger charge is 2.15. The van der Waals surface area contributed by atoms with Gasteiger partial charge in [0, 0.05) is 6.54 Å². The van der Waals surface area contributed by atoms with E-state index in [0.717, 1.165) is 29.8 Å². The number of rotatable bonds is 6. The van der Waals surface area contributed by atoms with Gasteiger partial charge in [0.15, 0.2) is 0 Å². The highest BCUT2D eigenvalue weighted by Crippen LogP contribution is 2.21. The van der Waals surface area contributed by atoms with Crippen molar-refractivity contribution >= 4 is 17.0 Å². The van der Waals surface area contributed by atoms with Gasteiger partial charge in [0.05, 0.1) is 16.6 Å². The zero-order valence-electron chi connectivity index (χ0n) is 11.5. The normalized spacial score (nSPS) is 11.1. The number of carbonyl (C=O) groups is 1. The molecule has 1 heterocycles. The van der Waals surface area contributed by atoms with Gasteiger partial charge in [0.2, 0.25) is 0 Å². The van der Waals surface area contributed by atoms with Gasteiger partial charge in [-0.1, -0.05) is 32.3 Å². The van der Waals surface area contributed by atoms with Crippen LogP contribution in [0, 0.1) is 6.92 Å². The Morgan fingerprint density at radius 2 is 2.11 bits per heavy atom. The van der Waals surface area contributed by atoms with Gasteiger partial charge >= 0.3 is 5.97 Å². The fourth-order valence-electron chi connectivity index (χ4n) is 2.44. The summed E-state index contributed by atoms with van der Waals surface area (Å²) in [5.74, 6) is 0.000469. The monoisotopic (exact) mass is 260 g/mol. The van der Waals surface area contributed by atoms with Crippen LogP contribution in [0.15, 0.2) is 18.2 Å². The third-order valence-corrected chi connectivity index (χ3v) is 3.42. The van der Waals surface area contributed by atoms with Crippen LogP contribution in [-0.2, 0) is 6.54 Å². The van der Waals surface area contributed by atoms with Crippen LogP contribution >= 0.6 is 0 Å². The Morgan fingerprint density at radius 1 is 1.32 bits per heavy atom. The topological polar surface area (TPSA) is 55.1 Å². The van der Waals surface area contributed by atoms with E-state index < -0.39 is 5.97 Å². The van der Waals surface area contributed by atoms with Crippen LogP contribution in [0.1, 0.15) is 48.8 Å². The highest BCUT2D eigenvalue weighted by atomic mass is 16.4. The van der Waals surface area contributed by atoms with E-state index in [4.69, 9.17) is 0 Å². The van der Waals surface area contributed by atoms with Gasteiger partial charge in [-0.05, 0) is 25.5 Å². The zero-order valence-corrected chi connectivity index (χ0v) is 11.5. The molecule has 0 aliphatic heterocycles. The van der Waals surface area contributed by atoms with Gasteiger partial charge < -0.3 is 9.67 Å². The highest BCUT2D eigenvalue weighted by molar-refractivity contribution is 6.01. The third-order valence-electron chi connectivity index (χ3n) is 3.42. The average Bonchev–Trinajstić information content (AvgIpc) is 2.70. The lowest BCUT2D eigenvalue weighted by molar-refractivity contribution is 0.0698. The lowest BCUT2D eigenvalue weighted by atomic mass is 10.1. The SMILES string of the molecule is CCCCCCn1c(C)nc2cccc(C(=O)O)c21. The molecule has 1 aromatic carbocycles. The summed E-state index contributed by atoms with van der Waals surface area (Å²) < 4.78 is 2.04. The molecule has 4 heteroatoms. The lowest BCUT2D eigenvalue weighted by Crippen LogP contribution is -2.05. The van der Waals surface area contributed by atoms with Crippen LogP contribution in [0.5, 0.6) is 0 Å². The summed E-state index contributed by atoms with van der Waals surface area (Å²) in [4.78, 5) is 15.8. The number of hydrogen-bond acceptors (Lipinski definition) is 2. The Hall–Kier alpha value is -1.84. The van der Waals surface area contributed by atoms with Gasteiger partial charge in [0.1, 0.15) is 5.82 Å². The van der Waals surface area contributed by atoms with Gasteiger partial charge in [-0.25, -0.2) is 9.78 Å². The summed E-state index contributed by atoms with van der Waals surface area (Å²) in [7, 11) is 0. The Balaban J connectivity index is 2.36. The number of carboxylic acids is 1. The van der Waals surface area contributed by atoms with Crippen molar-refractivity contribution in [3.8, 4) is 0 Å². The van der Waals surface area contributed by atoms with Crippen LogP contribution < -0.4 is 0 Å². The number of aromatic nitrogens is 2. The van der Waals surface area contributed by atoms with Crippen LogP contribution in [0.2, 0.25) is 0 Å². The standard InChI is InChI=1S/C15H20N2O2/c1-3-4-5-6-10-17-11(2)16-13-9-7-8-12(14(13)17)15(18)19/h7-9H,3-6,10H2,1-2H3,(H,18,19). The summed E-state index contributed by atoms with van der Waals surface area (Å²) in [5.41, 5.74) is 1.87. The van der Waals surface area contributed by atoms with E-state index in [-0.39, 0.29) is 0 Å². The van der Waals surface area contributed by atoms with Crippen molar-refractivity contribution in [3.05, 3.63) is 29.6 Å².